The van der Waals surface area contributed by atoms with E-state index in [1.165, 1.54) is 6.07 Å². The highest BCUT2D eigenvalue weighted by atomic mass is 35.5. The Labute approximate surface area is 130 Å². The molecule has 0 amide bonds. The van der Waals surface area contributed by atoms with Crippen LogP contribution in [0.2, 0.25) is 20.1 Å². The largest absolute Gasteiger partial charge is 0.380 e. The lowest BCUT2D eigenvalue weighted by Crippen LogP contribution is -2.00. The zero-order valence-electron chi connectivity index (χ0n) is 9.48. The van der Waals surface area contributed by atoms with Crippen molar-refractivity contribution in [3.05, 3.63) is 61.8 Å². The minimum atomic E-state index is -0.446. The number of hydrogen-bond donors (Lipinski definition) is 1. The first kappa shape index (κ1) is 14.7. The highest BCUT2D eigenvalue weighted by Crippen LogP contribution is 2.32. The van der Waals surface area contributed by atoms with E-state index in [2.05, 4.69) is 5.32 Å². The van der Waals surface area contributed by atoms with Gasteiger partial charge in [0.2, 0.25) is 0 Å². The molecule has 0 bridgehead atoms. The summed E-state index contributed by atoms with van der Waals surface area (Å²) in [6, 6.07) is 7.70. The van der Waals surface area contributed by atoms with Gasteiger partial charge in [-0.3, -0.25) is 0 Å². The van der Waals surface area contributed by atoms with Gasteiger partial charge in [0.15, 0.2) is 0 Å². The molecule has 0 spiro atoms. The number of rotatable bonds is 3. The van der Waals surface area contributed by atoms with E-state index in [-0.39, 0.29) is 5.02 Å². The van der Waals surface area contributed by atoms with Crippen molar-refractivity contribution in [2.45, 2.75) is 6.54 Å². The number of nitrogens with one attached hydrogen (secondary N) is 1. The molecule has 0 saturated heterocycles. The van der Waals surface area contributed by atoms with Gasteiger partial charge in [0.05, 0.1) is 25.8 Å². The maximum absolute atomic E-state index is 13.0. The maximum atomic E-state index is 13.0. The summed E-state index contributed by atoms with van der Waals surface area (Å²) in [6.07, 6.45) is 0. The normalized spacial score (nSPS) is 10.6. The minimum absolute atomic E-state index is 0.0829. The Hall–Kier alpha value is -0.670. The third-order valence-corrected chi connectivity index (χ3v) is 3.80. The summed E-state index contributed by atoms with van der Waals surface area (Å²) in [7, 11) is 0. The average molecular weight is 339 g/mol. The van der Waals surface area contributed by atoms with Gasteiger partial charge in [-0.25, -0.2) is 4.39 Å². The molecule has 0 radical (unpaired) electrons. The van der Waals surface area contributed by atoms with Crippen molar-refractivity contribution in [2.75, 3.05) is 5.32 Å². The molecule has 2 aromatic rings. The van der Waals surface area contributed by atoms with Crippen molar-refractivity contribution in [3.63, 3.8) is 0 Å². The Morgan fingerprint density at radius 1 is 0.842 bits per heavy atom. The molecule has 1 N–H and O–H groups in total. The Bertz CT molecular complexity index is 616. The second-order valence-electron chi connectivity index (χ2n) is 3.85. The summed E-state index contributed by atoms with van der Waals surface area (Å²) in [6.45, 7) is 0.442. The maximum Gasteiger partial charge on any atom is 0.141 e. The summed E-state index contributed by atoms with van der Waals surface area (Å²) in [5, 5.41) is 4.43. The van der Waals surface area contributed by atoms with Gasteiger partial charge < -0.3 is 5.32 Å². The van der Waals surface area contributed by atoms with Gasteiger partial charge >= 0.3 is 0 Å². The summed E-state index contributed by atoms with van der Waals surface area (Å²) in [5.74, 6) is -0.446. The molecule has 100 valence electrons. The van der Waals surface area contributed by atoms with Crippen molar-refractivity contribution in [2.24, 2.45) is 0 Å². The smallest absolute Gasteiger partial charge is 0.141 e. The molecular formula is C13H8Cl4FN. The summed E-state index contributed by atoms with van der Waals surface area (Å²) in [4.78, 5) is 0. The zero-order chi connectivity index (χ0) is 14.0. The Balaban J connectivity index is 2.14. The van der Waals surface area contributed by atoms with Crippen molar-refractivity contribution in [1.82, 2.24) is 0 Å². The molecule has 0 unspecified atom stereocenters. The van der Waals surface area contributed by atoms with Gasteiger partial charge in [0, 0.05) is 6.54 Å². The second kappa shape index (κ2) is 6.19. The molecule has 19 heavy (non-hydrogen) atoms. The van der Waals surface area contributed by atoms with Crippen molar-refractivity contribution >= 4 is 52.1 Å². The van der Waals surface area contributed by atoms with Crippen LogP contribution in [0.4, 0.5) is 10.1 Å². The van der Waals surface area contributed by atoms with Gasteiger partial charge in [0.1, 0.15) is 5.82 Å². The molecule has 2 rings (SSSR count). The highest BCUT2D eigenvalue weighted by molar-refractivity contribution is 6.44. The first-order valence-electron chi connectivity index (χ1n) is 5.29. The fourth-order valence-corrected chi connectivity index (χ4v) is 2.32. The molecule has 0 aromatic heterocycles. The standard InChI is InChI=1S/C13H8Cl4FN/c14-8-4-11(17)13(5-9(8)15)19-6-7-1-2-12(18)10(16)3-7/h1-5,19H,6H2. The fraction of sp³-hybridized carbons (Fsp3) is 0.0769. The second-order valence-corrected chi connectivity index (χ2v) is 5.48. The lowest BCUT2D eigenvalue weighted by molar-refractivity contribution is 0.627. The molecule has 6 heteroatoms. The predicted molar refractivity (Wildman–Crippen MR) is 80.2 cm³/mol. The van der Waals surface area contributed by atoms with Crippen LogP contribution in [0.25, 0.3) is 0 Å². The third kappa shape index (κ3) is 3.67. The Morgan fingerprint density at radius 2 is 1.53 bits per heavy atom. The van der Waals surface area contributed by atoms with E-state index in [1.54, 1.807) is 24.3 Å². The van der Waals surface area contributed by atoms with Crippen molar-refractivity contribution in [3.8, 4) is 0 Å². The third-order valence-electron chi connectivity index (χ3n) is 2.48. The number of hydrogen-bond acceptors (Lipinski definition) is 1. The van der Waals surface area contributed by atoms with Crippen molar-refractivity contribution < 1.29 is 4.39 Å². The van der Waals surface area contributed by atoms with E-state index >= 15 is 0 Å². The quantitative estimate of drug-likeness (QED) is 0.671. The van der Waals surface area contributed by atoms with Crippen LogP contribution in [0.15, 0.2) is 30.3 Å². The van der Waals surface area contributed by atoms with Crippen LogP contribution in [-0.2, 0) is 6.54 Å². The van der Waals surface area contributed by atoms with Crippen LogP contribution in [0.1, 0.15) is 5.56 Å². The molecule has 0 fully saturated rings. The number of anilines is 1. The van der Waals surface area contributed by atoms with Gasteiger partial charge in [-0.1, -0.05) is 52.5 Å². The van der Waals surface area contributed by atoms with Gasteiger partial charge in [-0.05, 0) is 29.8 Å². The van der Waals surface area contributed by atoms with Crippen LogP contribution < -0.4 is 5.32 Å². The Kier molecular flexibility index (Phi) is 4.80. The van der Waals surface area contributed by atoms with Gasteiger partial charge in [-0.15, -0.1) is 0 Å². The van der Waals surface area contributed by atoms with Crippen LogP contribution in [0.3, 0.4) is 0 Å². The first-order chi connectivity index (χ1) is 8.97. The molecule has 0 aliphatic carbocycles. The molecule has 0 saturated carbocycles. The van der Waals surface area contributed by atoms with E-state index < -0.39 is 5.82 Å². The van der Waals surface area contributed by atoms with E-state index in [0.717, 1.165) is 5.56 Å². The minimum Gasteiger partial charge on any atom is -0.380 e. The lowest BCUT2D eigenvalue weighted by Gasteiger charge is -2.10. The van der Waals surface area contributed by atoms with Crippen LogP contribution in [-0.4, -0.2) is 0 Å². The van der Waals surface area contributed by atoms with E-state index in [0.29, 0.717) is 27.3 Å². The molecule has 0 aliphatic rings. The van der Waals surface area contributed by atoms with Crippen LogP contribution in [0, 0.1) is 5.82 Å². The van der Waals surface area contributed by atoms with E-state index in [4.69, 9.17) is 46.4 Å². The van der Waals surface area contributed by atoms with Gasteiger partial charge in [0.25, 0.3) is 0 Å². The zero-order valence-corrected chi connectivity index (χ0v) is 12.5. The summed E-state index contributed by atoms with van der Waals surface area (Å²) >= 11 is 23.5. The molecule has 0 heterocycles. The number of halogens is 5. The average Bonchev–Trinajstić information content (AvgIpc) is 2.36. The molecule has 0 aliphatic heterocycles. The van der Waals surface area contributed by atoms with E-state index in [9.17, 15) is 4.39 Å². The SMILES string of the molecule is Fc1ccc(CNc2cc(Cl)c(Cl)cc2Cl)cc1Cl. The van der Waals surface area contributed by atoms with Crippen LogP contribution in [0.5, 0.6) is 0 Å². The molecule has 0 atom stereocenters. The van der Waals surface area contributed by atoms with Gasteiger partial charge in [-0.2, -0.15) is 0 Å². The first-order valence-corrected chi connectivity index (χ1v) is 6.81. The highest BCUT2D eigenvalue weighted by Gasteiger charge is 2.06. The summed E-state index contributed by atoms with van der Waals surface area (Å²) in [5.41, 5.74) is 1.48. The Morgan fingerprint density at radius 3 is 2.21 bits per heavy atom. The summed E-state index contributed by atoms with van der Waals surface area (Å²) < 4.78 is 13.0. The number of benzene rings is 2. The molecule has 2 aromatic carbocycles. The molecule has 1 nitrogen and oxygen atoms in total. The lowest BCUT2D eigenvalue weighted by atomic mass is 10.2. The predicted octanol–water partition coefficient (Wildman–Crippen LogP) is 6.05. The van der Waals surface area contributed by atoms with Crippen LogP contribution >= 0.6 is 46.4 Å². The fourth-order valence-electron chi connectivity index (χ4n) is 1.50. The molecular weight excluding hydrogens is 331 g/mol. The van der Waals surface area contributed by atoms with Crippen molar-refractivity contribution in [1.29, 1.82) is 0 Å². The van der Waals surface area contributed by atoms with E-state index in [1.807, 2.05) is 0 Å². The topological polar surface area (TPSA) is 12.0 Å². The monoisotopic (exact) mass is 337 g/mol.